The molecule has 9 heteroatoms. The summed E-state index contributed by atoms with van der Waals surface area (Å²) in [4.78, 5) is 22.8. The zero-order chi connectivity index (χ0) is 19.3. The van der Waals surface area contributed by atoms with Gasteiger partial charge in [-0.1, -0.05) is 0 Å². The van der Waals surface area contributed by atoms with Gasteiger partial charge in [0.1, 0.15) is 23.7 Å². The molecule has 0 radical (unpaired) electrons. The van der Waals surface area contributed by atoms with Gasteiger partial charge in [0.05, 0.1) is 13.7 Å². The molecular weight excluding hydrogens is 348 g/mol. The van der Waals surface area contributed by atoms with Gasteiger partial charge < -0.3 is 33.9 Å². The Hall–Kier alpha value is -2.36. The van der Waals surface area contributed by atoms with E-state index >= 15 is 0 Å². The minimum absolute atomic E-state index is 0.364. The summed E-state index contributed by atoms with van der Waals surface area (Å²) < 4.78 is 26.5. The summed E-state index contributed by atoms with van der Waals surface area (Å²) in [7, 11) is 1.52. The lowest BCUT2D eigenvalue weighted by Crippen LogP contribution is -2.62. The number of esters is 2. The summed E-state index contributed by atoms with van der Waals surface area (Å²) in [5.41, 5.74) is 0. The van der Waals surface area contributed by atoms with E-state index in [1.54, 1.807) is 24.3 Å². The van der Waals surface area contributed by atoms with Gasteiger partial charge in [-0.25, -0.2) is 0 Å². The molecule has 1 fully saturated rings. The van der Waals surface area contributed by atoms with Gasteiger partial charge in [-0.2, -0.15) is 0 Å². The first-order valence-electron chi connectivity index (χ1n) is 7.95. The summed E-state index contributed by atoms with van der Waals surface area (Å²) in [5, 5.41) is 19.7. The van der Waals surface area contributed by atoms with Gasteiger partial charge in [-0.05, 0) is 24.3 Å². The maximum atomic E-state index is 11.5. The Bertz CT molecular complexity index is 615. The normalized spacial score (nSPS) is 28.1. The first kappa shape index (κ1) is 20.0. The van der Waals surface area contributed by atoms with Crippen LogP contribution in [0.5, 0.6) is 11.5 Å². The highest BCUT2D eigenvalue weighted by Gasteiger charge is 2.50. The number of methoxy groups -OCH3 is 1. The van der Waals surface area contributed by atoms with E-state index < -0.39 is 49.3 Å². The van der Waals surface area contributed by atoms with Crippen molar-refractivity contribution < 1.29 is 43.5 Å². The summed E-state index contributed by atoms with van der Waals surface area (Å²) in [6.45, 7) is 1.77. The number of hydrogen-bond acceptors (Lipinski definition) is 9. The van der Waals surface area contributed by atoms with Crippen molar-refractivity contribution in [1.29, 1.82) is 0 Å². The molecule has 1 heterocycles. The predicted molar refractivity (Wildman–Crippen MR) is 86.5 cm³/mol. The SMILES string of the molecule is COc1ccc(O[C@@H]2O[C@H](CO)[C@H](O)[C@H](OC(C)=O)[C@H]2OC(C)=O)cc1. The van der Waals surface area contributed by atoms with Crippen LogP contribution in [-0.2, 0) is 23.8 Å². The summed E-state index contributed by atoms with van der Waals surface area (Å²) in [5.74, 6) is -0.385. The average molecular weight is 370 g/mol. The average Bonchev–Trinajstić information content (AvgIpc) is 2.60. The molecule has 5 atom stereocenters. The highest BCUT2D eigenvalue weighted by Crippen LogP contribution is 2.29. The molecule has 2 rings (SSSR count). The van der Waals surface area contributed by atoms with E-state index in [1.165, 1.54) is 14.0 Å². The van der Waals surface area contributed by atoms with E-state index in [1.807, 2.05) is 0 Å². The molecule has 1 saturated heterocycles. The van der Waals surface area contributed by atoms with Crippen LogP contribution in [-0.4, -0.2) is 66.6 Å². The van der Waals surface area contributed by atoms with Crippen LogP contribution in [0.4, 0.5) is 0 Å². The van der Waals surface area contributed by atoms with Crippen molar-refractivity contribution in [3.63, 3.8) is 0 Å². The maximum Gasteiger partial charge on any atom is 0.303 e. The fourth-order valence-corrected chi connectivity index (χ4v) is 2.57. The predicted octanol–water partition coefficient (Wildman–Crippen LogP) is 0.0155. The van der Waals surface area contributed by atoms with Gasteiger partial charge in [0.25, 0.3) is 0 Å². The fraction of sp³-hybridized carbons (Fsp3) is 0.529. The van der Waals surface area contributed by atoms with Crippen LogP contribution in [0.15, 0.2) is 24.3 Å². The molecule has 1 aromatic rings. The molecule has 1 aromatic carbocycles. The molecule has 0 unspecified atom stereocenters. The molecule has 0 spiro atoms. The van der Waals surface area contributed by atoms with Crippen molar-refractivity contribution in [2.75, 3.05) is 13.7 Å². The second kappa shape index (κ2) is 8.84. The Kier molecular flexibility index (Phi) is 6.78. The van der Waals surface area contributed by atoms with Crippen LogP contribution in [0, 0.1) is 0 Å². The Morgan fingerprint density at radius 3 is 2.08 bits per heavy atom. The standard InChI is InChI=1S/C17H22O9/c1-9(19)23-15-14(21)13(8-18)26-17(16(15)24-10(2)20)25-12-6-4-11(22-3)5-7-12/h4-7,13-18,21H,8H2,1-3H3/t13-,14+,15+,16-,17-/m1/s1. The number of benzene rings is 1. The third kappa shape index (κ3) is 4.84. The van der Waals surface area contributed by atoms with Crippen molar-refractivity contribution in [2.45, 2.75) is 44.6 Å². The lowest BCUT2D eigenvalue weighted by atomic mass is 9.98. The fourth-order valence-electron chi connectivity index (χ4n) is 2.57. The van der Waals surface area contributed by atoms with Gasteiger partial charge in [0, 0.05) is 13.8 Å². The number of hydrogen-bond donors (Lipinski definition) is 2. The number of aliphatic hydroxyl groups is 2. The number of rotatable bonds is 6. The molecule has 144 valence electrons. The van der Waals surface area contributed by atoms with Gasteiger partial charge in [0.2, 0.25) is 12.4 Å². The van der Waals surface area contributed by atoms with E-state index in [2.05, 4.69) is 0 Å². The summed E-state index contributed by atoms with van der Waals surface area (Å²) >= 11 is 0. The highest BCUT2D eigenvalue weighted by atomic mass is 16.7. The molecule has 1 aliphatic rings. The van der Waals surface area contributed by atoms with Crippen molar-refractivity contribution in [2.24, 2.45) is 0 Å². The number of carbonyl (C=O) groups excluding carboxylic acids is 2. The van der Waals surface area contributed by atoms with Crippen LogP contribution in [0.1, 0.15) is 13.8 Å². The molecule has 0 amide bonds. The van der Waals surface area contributed by atoms with Crippen molar-refractivity contribution >= 4 is 11.9 Å². The van der Waals surface area contributed by atoms with Crippen LogP contribution in [0.25, 0.3) is 0 Å². The van der Waals surface area contributed by atoms with Crippen molar-refractivity contribution in [3.05, 3.63) is 24.3 Å². The van der Waals surface area contributed by atoms with Crippen molar-refractivity contribution in [1.82, 2.24) is 0 Å². The first-order chi connectivity index (χ1) is 12.3. The van der Waals surface area contributed by atoms with Crippen LogP contribution in [0.3, 0.4) is 0 Å². The van der Waals surface area contributed by atoms with Gasteiger partial charge in [0.15, 0.2) is 6.10 Å². The highest BCUT2D eigenvalue weighted by molar-refractivity contribution is 5.67. The molecular formula is C17H22O9. The van der Waals surface area contributed by atoms with E-state index in [4.69, 9.17) is 23.7 Å². The number of aliphatic hydroxyl groups excluding tert-OH is 2. The maximum absolute atomic E-state index is 11.5. The van der Waals surface area contributed by atoms with Crippen LogP contribution >= 0.6 is 0 Å². The van der Waals surface area contributed by atoms with E-state index in [9.17, 15) is 19.8 Å². The van der Waals surface area contributed by atoms with E-state index in [-0.39, 0.29) is 0 Å². The lowest BCUT2D eigenvalue weighted by Gasteiger charge is -2.42. The molecule has 1 aliphatic heterocycles. The molecule has 2 N–H and O–H groups in total. The first-order valence-corrected chi connectivity index (χ1v) is 7.95. The molecule has 0 bridgehead atoms. The third-order valence-electron chi connectivity index (χ3n) is 3.71. The Labute approximate surface area is 150 Å². The van der Waals surface area contributed by atoms with Gasteiger partial charge in [-0.15, -0.1) is 0 Å². The molecule has 26 heavy (non-hydrogen) atoms. The van der Waals surface area contributed by atoms with E-state index in [0.717, 1.165) is 6.92 Å². The molecule has 0 aromatic heterocycles. The lowest BCUT2D eigenvalue weighted by molar-refractivity contribution is -0.285. The largest absolute Gasteiger partial charge is 0.497 e. The minimum atomic E-state index is -1.40. The molecule has 9 nitrogen and oxygen atoms in total. The van der Waals surface area contributed by atoms with Gasteiger partial charge in [-0.3, -0.25) is 9.59 Å². The Morgan fingerprint density at radius 2 is 1.58 bits per heavy atom. The van der Waals surface area contributed by atoms with Crippen LogP contribution in [0.2, 0.25) is 0 Å². The summed E-state index contributed by atoms with van der Waals surface area (Å²) in [6.07, 6.45) is -6.18. The monoisotopic (exact) mass is 370 g/mol. The smallest absolute Gasteiger partial charge is 0.303 e. The number of carbonyl (C=O) groups is 2. The summed E-state index contributed by atoms with van der Waals surface area (Å²) in [6, 6.07) is 6.52. The zero-order valence-electron chi connectivity index (χ0n) is 14.7. The van der Waals surface area contributed by atoms with Crippen LogP contribution < -0.4 is 9.47 Å². The second-order valence-electron chi connectivity index (χ2n) is 5.66. The second-order valence-corrected chi connectivity index (χ2v) is 5.66. The third-order valence-corrected chi connectivity index (χ3v) is 3.71. The topological polar surface area (TPSA) is 121 Å². The number of ether oxygens (including phenoxy) is 5. The Balaban J connectivity index is 2.27. The quantitative estimate of drug-likeness (QED) is 0.667. The van der Waals surface area contributed by atoms with Crippen molar-refractivity contribution in [3.8, 4) is 11.5 Å². The van der Waals surface area contributed by atoms with E-state index in [0.29, 0.717) is 11.5 Å². The zero-order valence-corrected chi connectivity index (χ0v) is 14.7. The van der Waals surface area contributed by atoms with Gasteiger partial charge >= 0.3 is 11.9 Å². The Morgan fingerprint density at radius 1 is 1.04 bits per heavy atom. The minimum Gasteiger partial charge on any atom is -0.497 e. The molecule has 0 aliphatic carbocycles. The molecule has 0 saturated carbocycles.